The summed E-state index contributed by atoms with van der Waals surface area (Å²) in [5.41, 5.74) is 1.20. The van der Waals surface area contributed by atoms with Crippen LogP contribution in [-0.4, -0.2) is 31.6 Å². The molecule has 1 aromatic heterocycles. The monoisotopic (exact) mass is 333 g/mol. The van der Waals surface area contributed by atoms with Gasteiger partial charge in [0.2, 0.25) is 5.76 Å². The minimum Gasteiger partial charge on any atom is -0.449 e. The van der Waals surface area contributed by atoms with Gasteiger partial charge in [-0.15, -0.1) is 0 Å². The van der Waals surface area contributed by atoms with Gasteiger partial charge >= 0.3 is 5.97 Å². The van der Waals surface area contributed by atoms with Crippen LogP contribution in [0.15, 0.2) is 28.7 Å². The molecule has 130 valence electrons. The van der Waals surface area contributed by atoms with Gasteiger partial charge in [-0.2, -0.15) is 0 Å². The van der Waals surface area contributed by atoms with E-state index in [4.69, 9.17) is 13.9 Å². The van der Waals surface area contributed by atoms with Crippen LogP contribution in [0.2, 0.25) is 0 Å². The van der Waals surface area contributed by atoms with Crippen molar-refractivity contribution in [1.82, 2.24) is 5.32 Å². The highest BCUT2D eigenvalue weighted by molar-refractivity contribution is 5.97. The lowest BCUT2D eigenvalue weighted by Gasteiger charge is -2.14. The van der Waals surface area contributed by atoms with Crippen molar-refractivity contribution in [3.63, 3.8) is 0 Å². The Morgan fingerprint density at radius 3 is 2.58 bits per heavy atom. The van der Waals surface area contributed by atoms with Crippen LogP contribution in [0.1, 0.15) is 36.9 Å². The number of carbonyl (C=O) groups excluding carboxylic acids is 2. The molecule has 6 heteroatoms. The summed E-state index contributed by atoms with van der Waals surface area (Å²) in [4.78, 5) is 24.4. The van der Waals surface area contributed by atoms with E-state index < -0.39 is 12.1 Å². The zero-order chi connectivity index (χ0) is 17.7. The summed E-state index contributed by atoms with van der Waals surface area (Å²) in [7, 11) is 1.54. The molecular weight excluding hydrogens is 310 g/mol. The SMILES string of the molecule is COCc1c(C(=O)O[C@H](C)C(=O)NCC(C)C)oc2ccccc12. The van der Waals surface area contributed by atoms with Crippen LogP contribution in [0.5, 0.6) is 0 Å². The Kier molecular flexibility index (Phi) is 5.98. The lowest BCUT2D eigenvalue weighted by atomic mass is 10.1. The van der Waals surface area contributed by atoms with E-state index in [0.29, 0.717) is 23.6 Å². The highest BCUT2D eigenvalue weighted by atomic mass is 16.6. The molecule has 6 nitrogen and oxygen atoms in total. The molecule has 2 rings (SSSR count). The van der Waals surface area contributed by atoms with Gasteiger partial charge in [0.15, 0.2) is 6.10 Å². The Labute approximate surface area is 141 Å². The van der Waals surface area contributed by atoms with Crippen molar-refractivity contribution in [2.24, 2.45) is 5.92 Å². The number of ether oxygens (including phenoxy) is 2. The Hall–Kier alpha value is -2.34. The molecule has 1 N–H and O–H groups in total. The van der Waals surface area contributed by atoms with Crippen LogP contribution in [0, 0.1) is 5.92 Å². The zero-order valence-electron chi connectivity index (χ0n) is 14.4. The fourth-order valence-corrected chi connectivity index (χ4v) is 2.27. The topological polar surface area (TPSA) is 77.8 Å². The van der Waals surface area contributed by atoms with Gasteiger partial charge in [-0.3, -0.25) is 4.79 Å². The Bertz CT molecular complexity index is 719. The number of para-hydroxylation sites is 1. The van der Waals surface area contributed by atoms with Crippen molar-refractivity contribution in [2.45, 2.75) is 33.5 Å². The largest absolute Gasteiger partial charge is 0.449 e. The second-order valence-electron chi connectivity index (χ2n) is 6.03. The number of hydrogen-bond donors (Lipinski definition) is 1. The lowest BCUT2D eigenvalue weighted by molar-refractivity contribution is -0.129. The van der Waals surface area contributed by atoms with E-state index in [-0.39, 0.29) is 18.3 Å². The van der Waals surface area contributed by atoms with Crippen molar-refractivity contribution in [1.29, 1.82) is 0 Å². The van der Waals surface area contributed by atoms with Gasteiger partial charge in [-0.1, -0.05) is 32.0 Å². The quantitative estimate of drug-likeness (QED) is 0.788. The molecule has 0 aliphatic heterocycles. The van der Waals surface area contributed by atoms with Gasteiger partial charge in [0.1, 0.15) is 5.58 Å². The van der Waals surface area contributed by atoms with E-state index in [2.05, 4.69) is 5.32 Å². The number of benzene rings is 1. The van der Waals surface area contributed by atoms with Crippen LogP contribution < -0.4 is 5.32 Å². The molecular formula is C18H23NO5. The Morgan fingerprint density at radius 1 is 1.21 bits per heavy atom. The number of rotatable bonds is 7. The molecule has 0 unspecified atom stereocenters. The molecule has 0 bridgehead atoms. The summed E-state index contributed by atoms with van der Waals surface area (Å²) >= 11 is 0. The molecule has 0 saturated heterocycles. The maximum Gasteiger partial charge on any atom is 0.375 e. The van der Waals surface area contributed by atoms with Gasteiger partial charge < -0.3 is 19.2 Å². The number of furan rings is 1. The first kappa shape index (κ1) is 18.0. The Morgan fingerprint density at radius 2 is 1.92 bits per heavy atom. The van der Waals surface area contributed by atoms with E-state index in [1.54, 1.807) is 13.2 Å². The predicted molar refractivity (Wildman–Crippen MR) is 89.7 cm³/mol. The molecule has 0 spiro atoms. The van der Waals surface area contributed by atoms with Gasteiger partial charge in [0.05, 0.1) is 6.61 Å². The van der Waals surface area contributed by atoms with Crippen LogP contribution in [0.4, 0.5) is 0 Å². The van der Waals surface area contributed by atoms with E-state index in [1.165, 1.54) is 6.92 Å². The number of fused-ring (bicyclic) bond motifs is 1. The fourth-order valence-electron chi connectivity index (χ4n) is 2.27. The molecule has 1 heterocycles. The van der Waals surface area contributed by atoms with Gasteiger partial charge in [0, 0.05) is 24.6 Å². The average Bonchev–Trinajstić information content (AvgIpc) is 2.92. The molecule has 1 amide bonds. The number of amides is 1. The molecule has 0 aliphatic carbocycles. The van der Waals surface area contributed by atoms with Crippen LogP contribution in [0.3, 0.4) is 0 Å². The third-order valence-corrected chi connectivity index (χ3v) is 3.51. The van der Waals surface area contributed by atoms with Crippen LogP contribution >= 0.6 is 0 Å². The predicted octanol–water partition coefficient (Wildman–Crippen LogP) is 2.90. The highest BCUT2D eigenvalue weighted by Crippen LogP contribution is 2.27. The summed E-state index contributed by atoms with van der Waals surface area (Å²) in [6, 6.07) is 7.29. The summed E-state index contributed by atoms with van der Waals surface area (Å²) in [6.45, 7) is 6.26. The van der Waals surface area contributed by atoms with Crippen molar-refractivity contribution in [3.8, 4) is 0 Å². The molecule has 0 radical (unpaired) electrons. The summed E-state index contributed by atoms with van der Waals surface area (Å²) < 4.78 is 16.0. The van der Waals surface area contributed by atoms with Gasteiger partial charge in [0.25, 0.3) is 5.91 Å². The number of esters is 1. The van der Waals surface area contributed by atoms with Gasteiger partial charge in [-0.25, -0.2) is 4.79 Å². The minimum absolute atomic E-state index is 0.0709. The van der Waals surface area contributed by atoms with Crippen molar-refractivity contribution in [2.75, 3.05) is 13.7 Å². The number of carbonyl (C=O) groups is 2. The van der Waals surface area contributed by atoms with Crippen LogP contribution in [0.25, 0.3) is 11.0 Å². The summed E-state index contributed by atoms with van der Waals surface area (Å²) in [6.07, 6.45) is -0.903. The molecule has 0 saturated carbocycles. The second kappa shape index (κ2) is 7.97. The van der Waals surface area contributed by atoms with Crippen molar-refractivity contribution in [3.05, 3.63) is 35.6 Å². The maximum absolute atomic E-state index is 12.4. The smallest absolute Gasteiger partial charge is 0.375 e. The third-order valence-electron chi connectivity index (χ3n) is 3.51. The second-order valence-corrected chi connectivity index (χ2v) is 6.03. The van der Waals surface area contributed by atoms with E-state index in [0.717, 1.165) is 5.39 Å². The molecule has 1 atom stereocenters. The van der Waals surface area contributed by atoms with Crippen molar-refractivity contribution >= 4 is 22.8 Å². The minimum atomic E-state index is -0.903. The van der Waals surface area contributed by atoms with Crippen molar-refractivity contribution < 1.29 is 23.5 Å². The maximum atomic E-state index is 12.4. The first-order chi connectivity index (χ1) is 11.4. The zero-order valence-corrected chi connectivity index (χ0v) is 14.4. The standard InChI is InChI=1S/C18H23NO5/c1-11(2)9-19-17(20)12(3)23-18(21)16-14(10-22-4)13-7-5-6-8-15(13)24-16/h5-8,11-12H,9-10H2,1-4H3,(H,19,20)/t12-/m1/s1. The fraction of sp³-hybridized carbons (Fsp3) is 0.444. The van der Waals surface area contributed by atoms with Gasteiger partial charge in [-0.05, 0) is 18.9 Å². The highest BCUT2D eigenvalue weighted by Gasteiger charge is 2.25. The number of nitrogens with one attached hydrogen (secondary N) is 1. The molecule has 2 aromatic rings. The lowest BCUT2D eigenvalue weighted by Crippen LogP contribution is -2.37. The summed E-state index contributed by atoms with van der Waals surface area (Å²) in [5.74, 6) is -0.617. The number of methoxy groups -OCH3 is 1. The first-order valence-electron chi connectivity index (χ1n) is 7.92. The summed E-state index contributed by atoms with van der Waals surface area (Å²) in [5, 5.41) is 3.53. The van der Waals surface area contributed by atoms with E-state index >= 15 is 0 Å². The molecule has 0 aliphatic rings. The Balaban J connectivity index is 2.16. The average molecular weight is 333 g/mol. The van der Waals surface area contributed by atoms with Crippen LogP contribution in [-0.2, 0) is 20.9 Å². The molecule has 1 aromatic carbocycles. The third kappa shape index (κ3) is 4.14. The normalized spacial score (nSPS) is 12.4. The molecule has 0 fully saturated rings. The first-order valence-corrected chi connectivity index (χ1v) is 7.92. The van der Waals surface area contributed by atoms with E-state index in [9.17, 15) is 9.59 Å². The molecule has 24 heavy (non-hydrogen) atoms. The van der Waals surface area contributed by atoms with E-state index in [1.807, 2.05) is 32.0 Å². The number of hydrogen-bond acceptors (Lipinski definition) is 5.